The lowest BCUT2D eigenvalue weighted by molar-refractivity contribution is -0.122. The molecule has 0 aromatic heterocycles. The third-order valence-corrected chi connectivity index (χ3v) is 3.58. The first-order valence-corrected chi connectivity index (χ1v) is 7.61. The summed E-state index contributed by atoms with van der Waals surface area (Å²) >= 11 is 0. The summed E-state index contributed by atoms with van der Waals surface area (Å²) in [6.45, 7) is 7.94. The molecule has 0 spiro atoms. The van der Waals surface area contributed by atoms with Crippen molar-refractivity contribution in [3.63, 3.8) is 0 Å². The third kappa shape index (κ3) is 4.10. The van der Waals surface area contributed by atoms with Crippen molar-refractivity contribution in [2.75, 3.05) is 5.32 Å². The number of carbonyl (C=O) groups is 1. The molecule has 0 fully saturated rings. The van der Waals surface area contributed by atoms with E-state index < -0.39 is 6.10 Å². The molecule has 0 radical (unpaired) electrons. The van der Waals surface area contributed by atoms with Gasteiger partial charge in [0.05, 0.1) is 0 Å². The van der Waals surface area contributed by atoms with Crippen molar-refractivity contribution >= 4 is 11.6 Å². The van der Waals surface area contributed by atoms with Crippen molar-refractivity contribution in [3.8, 4) is 5.75 Å². The van der Waals surface area contributed by atoms with Gasteiger partial charge in [-0.1, -0.05) is 31.2 Å². The van der Waals surface area contributed by atoms with Crippen LogP contribution in [0.1, 0.15) is 30.0 Å². The second-order valence-electron chi connectivity index (χ2n) is 5.64. The molecule has 1 atom stereocenters. The SMILES string of the molecule is CC[C@@H](Oc1cccc(C)c1)C(=O)Nc1cc(C)ccc1C. The molecule has 116 valence electrons. The van der Waals surface area contributed by atoms with Gasteiger partial charge in [-0.2, -0.15) is 0 Å². The minimum atomic E-state index is -0.498. The molecule has 3 heteroatoms. The molecule has 0 aliphatic carbocycles. The van der Waals surface area contributed by atoms with Gasteiger partial charge >= 0.3 is 0 Å². The van der Waals surface area contributed by atoms with E-state index in [1.165, 1.54) is 0 Å². The van der Waals surface area contributed by atoms with Crippen LogP contribution in [0, 0.1) is 20.8 Å². The molecule has 2 aromatic carbocycles. The number of benzene rings is 2. The van der Waals surface area contributed by atoms with Crippen LogP contribution in [0.25, 0.3) is 0 Å². The summed E-state index contributed by atoms with van der Waals surface area (Å²) in [5, 5.41) is 2.97. The molecule has 1 N–H and O–H groups in total. The zero-order chi connectivity index (χ0) is 16.1. The number of ether oxygens (including phenoxy) is 1. The Bertz CT molecular complexity index is 664. The number of aryl methyl sites for hydroxylation is 3. The van der Waals surface area contributed by atoms with Gasteiger partial charge in [0, 0.05) is 5.69 Å². The predicted octanol–water partition coefficient (Wildman–Crippen LogP) is 4.41. The zero-order valence-corrected chi connectivity index (χ0v) is 13.6. The second kappa shape index (κ2) is 7.12. The van der Waals surface area contributed by atoms with Gasteiger partial charge in [-0.15, -0.1) is 0 Å². The van der Waals surface area contributed by atoms with Crippen molar-refractivity contribution in [3.05, 3.63) is 59.2 Å². The minimum Gasteiger partial charge on any atom is -0.481 e. The summed E-state index contributed by atoms with van der Waals surface area (Å²) in [5.41, 5.74) is 4.12. The maximum absolute atomic E-state index is 12.5. The molecule has 3 nitrogen and oxygen atoms in total. The van der Waals surface area contributed by atoms with E-state index in [1.807, 2.05) is 70.2 Å². The summed E-state index contributed by atoms with van der Waals surface area (Å²) < 4.78 is 5.84. The molecule has 0 heterocycles. The Morgan fingerprint density at radius 1 is 1.09 bits per heavy atom. The number of hydrogen-bond acceptors (Lipinski definition) is 2. The Morgan fingerprint density at radius 2 is 1.82 bits per heavy atom. The molecule has 0 aliphatic rings. The van der Waals surface area contributed by atoms with E-state index in [-0.39, 0.29) is 5.91 Å². The Labute approximate surface area is 132 Å². The van der Waals surface area contributed by atoms with Crippen molar-refractivity contribution in [2.45, 2.75) is 40.2 Å². The highest BCUT2D eigenvalue weighted by atomic mass is 16.5. The van der Waals surface area contributed by atoms with Crippen molar-refractivity contribution in [1.29, 1.82) is 0 Å². The van der Waals surface area contributed by atoms with E-state index in [2.05, 4.69) is 5.32 Å². The third-order valence-electron chi connectivity index (χ3n) is 3.58. The van der Waals surface area contributed by atoms with Gasteiger partial charge in [0.25, 0.3) is 5.91 Å². The lowest BCUT2D eigenvalue weighted by atomic mass is 10.1. The maximum Gasteiger partial charge on any atom is 0.265 e. The van der Waals surface area contributed by atoms with E-state index in [9.17, 15) is 4.79 Å². The van der Waals surface area contributed by atoms with Crippen LogP contribution in [0.2, 0.25) is 0 Å². The largest absolute Gasteiger partial charge is 0.481 e. The lowest BCUT2D eigenvalue weighted by Gasteiger charge is -2.18. The number of carbonyl (C=O) groups excluding carboxylic acids is 1. The van der Waals surface area contributed by atoms with Gasteiger partial charge in [0.1, 0.15) is 5.75 Å². The highest BCUT2D eigenvalue weighted by molar-refractivity contribution is 5.95. The zero-order valence-electron chi connectivity index (χ0n) is 13.6. The van der Waals surface area contributed by atoms with E-state index in [4.69, 9.17) is 4.74 Å². The normalized spacial score (nSPS) is 11.8. The van der Waals surface area contributed by atoms with Crippen LogP contribution in [0.3, 0.4) is 0 Å². The Balaban J connectivity index is 2.10. The summed E-state index contributed by atoms with van der Waals surface area (Å²) in [6.07, 6.45) is 0.117. The van der Waals surface area contributed by atoms with E-state index >= 15 is 0 Å². The Hall–Kier alpha value is -2.29. The van der Waals surface area contributed by atoms with Gasteiger partial charge in [-0.05, 0) is 62.1 Å². The molecule has 0 unspecified atom stereocenters. The van der Waals surface area contributed by atoms with E-state index in [0.29, 0.717) is 6.42 Å². The van der Waals surface area contributed by atoms with Crippen LogP contribution < -0.4 is 10.1 Å². The molecule has 0 aliphatic heterocycles. The number of rotatable bonds is 5. The quantitative estimate of drug-likeness (QED) is 0.888. The van der Waals surface area contributed by atoms with Crippen LogP contribution in [0.5, 0.6) is 5.75 Å². The van der Waals surface area contributed by atoms with Crippen LogP contribution in [0.15, 0.2) is 42.5 Å². The summed E-state index contributed by atoms with van der Waals surface area (Å²) in [5.74, 6) is 0.612. The molecule has 2 rings (SSSR count). The molecule has 1 amide bonds. The van der Waals surface area contributed by atoms with Crippen LogP contribution >= 0.6 is 0 Å². The smallest absolute Gasteiger partial charge is 0.265 e. The minimum absolute atomic E-state index is 0.113. The number of nitrogens with one attached hydrogen (secondary N) is 1. The van der Waals surface area contributed by atoms with E-state index in [1.54, 1.807) is 0 Å². The summed E-state index contributed by atoms with van der Waals surface area (Å²) in [7, 11) is 0. The van der Waals surface area contributed by atoms with Crippen molar-refractivity contribution in [2.24, 2.45) is 0 Å². The van der Waals surface area contributed by atoms with Gasteiger partial charge in [-0.25, -0.2) is 0 Å². The average molecular weight is 297 g/mol. The highest BCUT2D eigenvalue weighted by Crippen LogP contribution is 2.19. The summed E-state index contributed by atoms with van der Waals surface area (Å²) in [6, 6.07) is 13.8. The second-order valence-corrected chi connectivity index (χ2v) is 5.64. The first-order valence-electron chi connectivity index (χ1n) is 7.61. The molecule has 22 heavy (non-hydrogen) atoms. The van der Waals surface area contributed by atoms with Crippen LogP contribution in [-0.2, 0) is 4.79 Å². The van der Waals surface area contributed by atoms with Gasteiger partial charge in [0.15, 0.2) is 6.10 Å². The molecule has 0 bridgehead atoms. The fraction of sp³-hybridized carbons (Fsp3) is 0.316. The van der Waals surface area contributed by atoms with Gasteiger partial charge < -0.3 is 10.1 Å². The highest BCUT2D eigenvalue weighted by Gasteiger charge is 2.19. The fourth-order valence-electron chi connectivity index (χ4n) is 2.26. The fourth-order valence-corrected chi connectivity index (χ4v) is 2.26. The first kappa shape index (κ1) is 16.1. The number of anilines is 1. The first-order chi connectivity index (χ1) is 10.5. The van der Waals surface area contributed by atoms with Crippen molar-refractivity contribution in [1.82, 2.24) is 0 Å². The molecule has 0 saturated heterocycles. The van der Waals surface area contributed by atoms with Crippen molar-refractivity contribution < 1.29 is 9.53 Å². The van der Waals surface area contributed by atoms with E-state index in [0.717, 1.165) is 28.1 Å². The van der Waals surface area contributed by atoms with Gasteiger partial charge in [-0.3, -0.25) is 4.79 Å². The topological polar surface area (TPSA) is 38.3 Å². The summed E-state index contributed by atoms with van der Waals surface area (Å²) in [4.78, 5) is 12.5. The Morgan fingerprint density at radius 3 is 2.50 bits per heavy atom. The number of amides is 1. The molecular weight excluding hydrogens is 274 g/mol. The standard InChI is InChI=1S/C19H23NO2/c1-5-18(22-16-8-6-7-13(2)11-16)19(21)20-17-12-14(3)9-10-15(17)4/h6-12,18H,5H2,1-4H3,(H,20,21)/t18-/m1/s1. The number of hydrogen-bond donors (Lipinski definition) is 1. The maximum atomic E-state index is 12.5. The molecule has 0 saturated carbocycles. The van der Waals surface area contributed by atoms with Crippen LogP contribution in [0.4, 0.5) is 5.69 Å². The van der Waals surface area contributed by atoms with Gasteiger partial charge in [0.2, 0.25) is 0 Å². The monoisotopic (exact) mass is 297 g/mol. The average Bonchev–Trinajstić information content (AvgIpc) is 2.48. The Kier molecular flexibility index (Phi) is 5.21. The lowest BCUT2D eigenvalue weighted by Crippen LogP contribution is -2.32. The molecule has 2 aromatic rings. The predicted molar refractivity (Wildman–Crippen MR) is 90.4 cm³/mol. The van der Waals surface area contributed by atoms with Crippen LogP contribution in [-0.4, -0.2) is 12.0 Å². The molecular formula is C19H23NO2.